The van der Waals surface area contributed by atoms with Crippen molar-refractivity contribution in [3.05, 3.63) is 168 Å². The van der Waals surface area contributed by atoms with Gasteiger partial charge in [0.25, 0.3) is 0 Å². The number of anilines is 6. The van der Waals surface area contributed by atoms with E-state index < -0.39 is 0 Å². The molecule has 0 heterocycles. The lowest BCUT2D eigenvalue weighted by Crippen LogP contribution is -2.12. The highest BCUT2D eigenvalue weighted by atomic mass is 15.1. The highest BCUT2D eigenvalue weighted by Gasteiger charge is 2.23. The Kier molecular flexibility index (Phi) is 6.73. The monoisotopic (exact) mass is 592 g/mol. The van der Waals surface area contributed by atoms with Crippen LogP contribution in [0.1, 0.15) is 22.3 Å². The minimum Gasteiger partial charge on any atom is -0.310 e. The molecule has 46 heavy (non-hydrogen) atoms. The van der Waals surface area contributed by atoms with E-state index in [9.17, 15) is 0 Å². The normalized spacial score (nSPS) is 11.5. The van der Waals surface area contributed by atoms with Gasteiger partial charge in [-0.15, -0.1) is 0 Å². The van der Waals surface area contributed by atoms with E-state index in [1.165, 1.54) is 65.9 Å². The number of hydrogen-bond acceptors (Lipinski definition) is 2. The molecule has 8 aromatic rings. The van der Waals surface area contributed by atoms with Crippen LogP contribution in [0.4, 0.5) is 34.1 Å². The molecule has 0 aliphatic heterocycles. The second-order valence-electron chi connectivity index (χ2n) is 12.5. The zero-order valence-electron chi connectivity index (χ0n) is 26.8. The van der Waals surface area contributed by atoms with Gasteiger partial charge in [-0.3, -0.25) is 0 Å². The van der Waals surface area contributed by atoms with Crippen molar-refractivity contribution in [2.45, 2.75) is 27.7 Å². The Morgan fingerprint density at radius 3 is 1.02 bits per heavy atom. The molecule has 2 nitrogen and oxygen atoms in total. The van der Waals surface area contributed by atoms with Gasteiger partial charge in [-0.25, -0.2) is 0 Å². The van der Waals surface area contributed by atoms with Crippen LogP contribution in [-0.4, -0.2) is 0 Å². The van der Waals surface area contributed by atoms with Crippen LogP contribution in [0.25, 0.3) is 32.3 Å². The fraction of sp³-hybridized carbons (Fsp3) is 0.0909. The van der Waals surface area contributed by atoms with E-state index >= 15 is 0 Å². The van der Waals surface area contributed by atoms with Crippen LogP contribution in [0, 0.1) is 27.7 Å². The lowest BCUT2D eigenvalue weighted by Gasteiger charge is -2.30. The lowest BCUT2D eigenvalue weighted by atomic mass is 9.88. The molecule has 0 aliphatic rings. The summed E-state index contributed by atoms with van der Waals surface area (Å²) in [6.07, 6.45) is 0. The summed E-state index contributed by atoms with van der Waals surface area (Å²) < 4.78 is 0. The molecule has 222 valence electrons. The van der Waals surface area contributed by atoms with E-state index in [-0.39, 0.29) is 0 Å². The van der Waals surface area contributed by atoms with Crippen LogP contribution >= 0.6 is 0 Å². The highest BCUT2D eigenvalue weighted by Crippen LogP contribution is 2.49. The summed E-state index contributed by atoms with van der Waals surface area (Å²) in [5.74, 6) is 0. The minimum absolute atomic E-state index is 1.15. The molecule has 2 heteroatoms. The second-order valence-corrected chi connectivity index (χ2v) is 12.5. The molecule has 0 radical (unpaired) electrons. The van der Waals surface area contributed by atoms with Crippen molar-refractivity contribution in [2.75, 3.05) is 9.80 Å². The Morgan fingerprint density at radius 1 is 0.326 bits per heavy atom. The van der Waals surface area contributed by atoms with Crippen LogP contribution in [0.3, 0.4) is 0 Å². The van der Waals surface area contributed by atoms with Crippen molar-refractivity contribution in [3.63, 3.8) is 0 Å². The van der Waals surface area contributed by atoms with Gasteiger partial charge in [0.1, 0.15) is 0 Å². The average molecular weight is 593 g/mol. The van der Waals surface area contributed by atoms with Gasteiger partial charge in [0.05, 0.1) is 11.4 Å². The van der Waals surface area contributed by atoms with Crippen molar-refractivity contribution in [3.8, 4) is 0 Å². The third-order valence-corrected chi connectivity index (χ3v) is 9.36. The molecule has 8 rings (SSSR count). The molecule has 0 aliphatic carbocycles. The summed E-state index contributed by atoms with van der Waals surface area (Å²) in [7, 11) is 0. The van der Waals surface area contributed by atoms with Crippen LogP contribution in [0.15, 0.2) is 146 Å². The standard InChI is InChI=1S/C44H36N2/c1-29-15-19-35(20-16-29)45(33-11-7-5-8-12-33)41-27-31(3)37-24-26-40-42(28-32(4)38-23-25-39(41)43(37)44(38)40)46(34-13-9-6-10-14-34)36-21-17-30(2)18-22-36/h5-28H,1-4H3. The topological polar surface area (TPSA) is 6.48 Å². The van der Waals surface area contributed by atoms with E-state index in [0.717, 1.165) is 22.7 Å². The van der Waals surface area contributed by atoms with Gasteiger partial charge in [-0.2, -0.15) is 0 Å². The molecule has 0 amide bonds. The third-order valence-electron chi connectivity index (χ3n) is 9.36. The number of rotatable bonds is 6. The van der Waals surface area contributed by atoms with Crippen molar-refractivity contribution < 1.29 is 0 Å². The predicted octanol–water partition coefficient (Wildman–Crippen LogP) is 12.8. The van der Waals surface area contributed by atoms with Gasteiger partial charge < -0.3 is 9.80 Å². The Labute approximate surface area is 271 Å². The maximum atomic E-state index is 2.41. The molecule has 0 saturated carbocycles. The molecular formula is C44H36N2. The molecular weight excluding hydrogens is 556 g/mol. The molecule has 0 spiro atoms. The molecule has 0 atom stereocenters. The Bertz CT molecular complexity index is 2150. The van der Waals surface area contributed by atoms with Crippen molar-refractivity contribution in [1.29, 1.82) is 0 Å². The van der Waals surface area contributed by atoms with Crippen molar-refractivity contribution >= 4 is 66.4 Å². The Balaban J connectivity index is 1.46. The summed E-state index contributed by atoms with van der Waals surface area (Å²) in [5.41, 5.74) is 12.0. The predicted molar refractivity (Wildman–Crippen MR) is 198 cm³/mol. The summed E-state index contributed by atoms with van der Waals surface area (Å²) in [4.78, 5) is 4.82. The second kappa shape index (κ2) is 11.1. The first kappa shape index (κ1) is 27.9. The highest BCUT2D eigenvalue weighted by molar-refractivity contribution is 6.29. The van der Waals surface area contributed by atoms with Crippen LogP contribution in [-0.2, 0) is 0 Å². The zero-order valence-corrected chi connectivity index (χ0v) is 26.8. The smallest absolute Gasteiger partial charge is 0.0543 e. The molecule has 8 aromatic carbocycles. The molecule has 0 saturated heterocycles. The number of hydrogen-bond donors (Lipinski definition) is 0. The van der Waals surface area contributed by atoms with Gasteiger partial charge in [0.2, 0.25) is 0 Å². The maximum absolute atomic E-state index is 2.41. The van der Waals surface area contributed by atoms with E-state index in [1.807, 2.05) is 0 Å². The number of nitrogens with zero attached hydrogens (tertiary/aromatic N) is 2. The quantitative estimate of drug-likeness (QED) is 0.177. The Hall–Kier alpha value is -5.60. The van der Waals surface area contributed by atoms with Gasteiger partial charge >= 0.3 is 0 Å². The first-order valence-corrected chi connectivity index (χ1v) is 16.0. The van der Waals surface area contributed by atoms with Gasteiger partial charge in [0.15, 0.2) is 0 Å². The molecule has 0 bridgehead atoms. The van der Waals surface area contributed by atoms with Crippen molar-refractivity contribution in [2.24, 2.45) is 0 Å². The van der Waals surface area contributed by atoms with E-state index in [0.29, 0.717) is 0 Å². The summed E-state index contributed by atoms with van der Waals surface area (Å²) in [6.45, 7) is 8.80. The first-order valence-electron chi connectivity index (χ1n) is 16.0. The number of para-hydroxylation sites is 2. The fourth-order valence-corrected chi connectivity index (χ4v) is 7.07. The Morgan fingerprint density at radius 2 is 0.652 bits per heavy atom. The molecule has 0 N–H and O–H groups in total. The number of benzene rings is 8. The maximum Gasteiger partial charge on any atom is 0.0543 e. The molecule has 0 fully saturated rings. The first-order chi connectivity index (χ1) is 22.5. The van der Waals surface area contributed by atoms with Crippen LogP contribution < -0.4 is 9.80 Å². The van der Waals surface area contributed by atoms with E-state index in [1.54, 1.807) is 0 Å². The summed E-state index contributed by atoms with van der Waals surface area (Å²) >= 11 is 0. The van der Waals surface area contributed by atoms with Gasteiger partial charge in [0, 0.05) is 33.5 Å². The largest absolute Gasteiger partial charge is 0.310 e. The number of aryl methyl sites for hydroxylation is 4. The van der Waals surface area contributed by atoms with Gasteiger partial charge in [-0.05, 0) is 121 Å². The van der Waals surface area contributed by atoms with Crippen molar-refractivity contribution in [1.82, 2.24) is 0 Å². The SMILES string of the molecule is Cc1ccc(N(c2ccccc2)c2cc(C)c3ccc4c(N(c5ccccc5)c5ccc(C)cc5)cc(C)c5ccc2c3c54)cc1. The third kappa shape index (κ3) is 4.57. The summed E-state index contributed by atoms with van der Waals surface area (Å²) in [5, 5.41) is 7.74. The average Bonchev–Trinajstić information content (AvgIpc) is 3.09. The lowest BCUT2D eigenvalue weighted by molar-refractivity contribution is 1.28. The van der Waals surface area contributed by atoms with Crippen LogP contribution in [0.2, 0.25) is 0 Å². The molecule has 0 unspecified atom stereocenters. The zero-order chi connectivity index (χ0) is 31.4. The fourth-order valence-electron chi connectivity index (χ4n) is 7.07. The van der Waals surface area contributed by atoms with E-state index in [2.05, 4.69) is 183 Å². The van der Waals surface area contributed by atoms with Gasteiger partial charge in [-0.1, -0.05) is 96.1 Å². The van der Waals surface area contributed by atoms with Crippen LogP contribution in [0.5, 0.6) is 0 Å². The van der Waals surface area contributed by atoms with E-state index in [4.69, 9.17) is 0 Å². The molecule has 0 aromatic heterocycles. The minimum atomic E-state index is 1.15. The summed E-state index contributed by atoms with van der Waals surface area (Å²) in [6, 6.07) is 53.3.